The number of rotatable bonds is 6. The molecule has 0 aliphatic rings. The van der Waals surface area contributed by atoms with E-state index in [1.165, 1.54) is 4.88 Å². The maximum absolute atomic E-state index is 5.39. The summed E-state index contributed by atoms with van der Waals surface area (Å²) in [4.78, 5) is 1.34. The zero-order valence-electron chi connectivity index (χ0n) is 11.5. The largest absolute Gasteiger partial charge is 0.497 e. The molecule has 19 heavy (non-hydrogen) atoms. The van der Waals surface area contributed by atoms with Crippen molar-refractivity contribution in [1.29, 1.82) is 0 Å². The molecule has 0 saturated heterocycles. The summed E-state index contributed by atoms with van der Waals surface area (Å²) in [5.41, 5.74) is 1.13. The Morgan fingerprint density at radius 3 is 2.68 bits per heavy atom. The van der Waals surface area contributed by atoms with Crippen molar-refractivity contribution in [2.75, 3.05) is 14.2 Å². The van der Waals surface area contributed by atoms with Crippen molar-refractivity contribution in [2.45, 2.75) is 19.5 Å². The van der Waals surface area contributed by atoms with Gasteiger partial charge in [-0.05, 0) is 24.4 Å². The van der Waals surface area contributed by atoms with Crippen LogP contribution in [0.3, 0.4) is 0 Å². The molecule has 1 aromatic heterocycles. The molecule has 0 radical (unpaired) electrons. The molecule has 1 N–H and O–H groups in total. The quantitative estimate of drug-likeness (QED) is 0.875. The lowest BCUT2D eigenvalue weighted by Crippen LogP contribution is -2.17. The monoisotopic (exact) mass is 277 g/mol. The minimum Gasteiger partial charge on any atom is -0.497 e. The molecule has 4 heteroatoms. The zero-order valence-corrected chi connectivity index (χ0v) is 12.3. The molecule has 3 nitrogen and oxygen atoms in total. The number of ether oxygens (including phenoxy) is 2. The van der Waals surface area contributed by atoms with Crippen LogP contribution in [-0.4, -0.2) is 14.2 Å². The van der Waals surface area contributed by atoms with E-state index in [1.807, 2.05) is 18.2 Å². The van der Waals surface area contributed by atoms with Crippen molar-refractivity contribution in [3.63, 3.8) is 0 Å². The fourth-order valence-corrected chi connectivity index (χ4v) is 2.66. The van der Waals surface area contributed by atoms with E-state index in [9.17, 15) is 0 Å². The lowest BCUT2D eigenvalue weighted by atomic mass is 10.1. The summed E-state index contributed by atoms with van der Waals surface area (Å²) >= 11 is 1.77. The molecule has 1 heterocycles. The Balaban J connectivity index is 2.03. The predicted molar refractivity (Wildman–Crippen MR) is 79.1 cm³/mol. The molecule has 1 aromatic carbocycles. The fraction of sp³-hybridized carbons (Fsp3) is 0.333. The number of nitrogens with one attached hydrogen (secondary N) is 1. The van der Waals surface area contributed by atoms with Crippen LogP contribution in [0, 0.1) is 0 Å². The Bertz CT molecular complexity index is 511. The second kappa shape index (κ2) is 6.59. The predicted octanol–water partition coefficient (Wildman–Crippen LogP) is 3.62. The molecular weight excluding hydrogens is 258 g/mol. The highest BCUT2D eigenvalue weighted by Gasteiger charge is 2.09. The number of thiophene rings is 1. The molecule has 0 spiro atoms. The van der Waals surface area contributed by atoms with Crippen LogP contribution in [0.25, 0.3) is 0 Å². The molecule has 1 atom stereocenters. The van der Waals surface area contributed by atoms with Crippen LogP contribution < -0.4 is 14.8 Å². The van der Waals surface area contributed by atoms with Crippen molar-refractivity contribution < 1.29 is 9.47 Å². The Morgan fingerprint density at radius 2 is 2.05 bits per heavy atom. The summed E-state index contributed by atoms with van der Waals surface area (Å²) in [7, 11) is 3.34. The zero-order chi connectivity index (χ0) is 13.7. The number of hydrogen-bond donors (Lipinski definition) is 1. The lowest BCUT2D eigenvalue weighted by Gasteiger charge is -2.15. The first-order valence-corrected chi connectivity index (χ1v) is 7.10. The van der Waals surface area contributed by atoms with Gasteiger partial charge in [0.1, 0.15) is 11.5 Å². The van der Waals surface area contributed by atoms with Gasteiger partial charge < -0.3 is 14.8 Å². The average Bonchev–Trinajstić information content (AvgIpc) is 2.98. The highest BCUT2D eigenvalue weighted by Crippen LogP contribution is 2.25. The van der Waals surface area contributed by atoms with Gasteiger partial charge in [-0.1, -0.05) is 12.1 Å². The van der Waals surface area contributed by atoms with Crippen LogP contribution in [0.15, 0.2) is 35.7 Å². The first kappa shape index (κ1) is 13.9. The Labute approximate surface area is 118 Å². The van der Waals surface area contributed by atoms with E-state index in [0.717, 1.165) is 23.6 Å². The molecule has 0 fully saturated rings. The van der Waals surface area contributed by atoms with Gasteiger partial charge in [0.15, 0.2) is 0 Å². The van der Waals surface area contributed by atoms with Crippen molar-refractivity contribution in [1.82, 2.24) is 5.32 Å². The lowest BCUT2D eigenvalue weighted by molar-refractivity contribution is 0.389. The SMILES string of the molecule is COc1ccc(CNC(C)c2cccs2)c(OC)c1. The molecule has 0 aliphatic heterocycles. The molecule has 0 amide bonds. The van der Waals surface area contributed by atoms with Crippen LogP contribution in [0.4, 0.5) is 0 Å². The summed E-state index contributed by atoms with van der Waals surface area (Å²) in [5, 5.41) is 5.60. The van der Waals surface area contributed by atoms with Gasteiger partial charge >= 0.3 is 0 Å². The highest BCUT2D eigenvalue weighted by atomic mass is 32.1. The van der Waals surface area contributed by atoms with E-state index < -0.39 is 0 Å². The maximum atomic E-state index is 5.39. The van der Waals surface area contributed by atoms with Gasteiger partial charge in [-0.2, -0.15) is 0 Å². The molecule has 102 valence electrons. The van der Waals surface area contributed by atoms with Crippen LogP contribution in [0.2, 0.25) is 0 Å². The molecule has 0 saturated carbocycles. The molecule has 0 bridgehead atoms. The van der Waals surface area contributed by atoms with Gasteiger partial charge in [-0.25, -0.2) is 0 Å². The van der Waals surface area contributed by atoms with Gasteiger partial charge in [0, 0.05) is 29.1 Å². The van der Waals surface area contributed by atoms with E-state index >= 15 is 0 Å². The van der Waals surface area contributed by atoms with Gasteiger partial charge in [0.25, 0.3) is 0 Å². The summed E-state index contributed by atoms with van der Waals surface area (Å²) in [6, 6.07) is 10.5. The van der Waals surface area contributed by atoms with Crippen molar-refractivity contribution in [2.24, 2.45) is 0 Å². The van der Waals surface area contributed by atoms with E-state index in [0.29, 0.717) is 6.04 Å². The minimum atomic E-state index is 0.340. The normalized spacial score (nSPS) is 12.2. The minimum absolute atomic E-state index is 0.340. The smallest absolute Gasteiger partial charge is 0.127 e. The van der Waals surface area contributed by atoms with Crippen LogP contribution >= 0.6 is 11.3 Å². The van der Waals surface area contributed by atoms with Gasteiger partial charge in [0.2, 0.25) is 0 Å². The first-order valence-electron chi connectivity index (χ1n) is 6.22. The number of benzene rings is 1. The third kappa shape index (κ3) is 3.49. The molecule has 2 rings (SSSR count). The Morgan fingerprint density at radius 1 is 1.21 bits per heavy atom. The number of methoxy groups -OCH3 is 2. The van der Waals surface area contributed by atoms with Crippen molar-refractivity contribution in [3.05, 3.63) is 46.2 Å². The van der Waals surface area contributed by atoms with E-state index in [4.69, 9.17) is 9.47 Å². The Hall–Kier alpha value is -1.52. The van der Waals surface area contributed by atoms with Crippen LogP contribution in [-0.2, 0) is 6.54 Å². The van der Waals surface area contributed by atoms with E-state index in [2.05, 4.69) is 29.8 Å². The Kier molecular flexibility index (Phi) is 4.82. The summed E-state index contributed by atoms with van der Waals surface area (Å²) in [5.74, 6) is 1.66. The summed E-state index contributed by atoms with van der Waals surface area (Å²) in [6.45, 7) is 2.94. The standard InChI is InChI=1S/C15H19NO2S/c1-11(15-5-4-8-19-15)16-10-12-6-7-13(17-2)9-14(12)18-3/h4-9,11,16H,10H2,1-3H3. The second-order valence-electron chi connectivity index (χ2n) is 4.30. The molecule has 2 aromatic rings. The van der Waals surface area contributed by atoms with Gasteiger partial charge in [-0.15, -0.1) is 11.3 Å². The topological polar surface area (TPSA) is 30.5 Å². The molecular formula is C15H19NO2S. The molecule has 0 aliphatic carbocycles. The van der Waals surface area contributed by atoms with Crippen LogP contribution in [0.5, 0.6) is 11.5 Å². The average molecular weight is 277 g/mol. The van der Waals surface area contributed by atoms with Crippen LogP contribution in [0.1, 0.15) is 23.4 Å². The fourth-order valence-electron chi connectivity index (χ4n) is 1.90. The number of hydrogen-bond acceptors (Lipinski definition) is 4. The third-order valence-corrected chi connectivity index (χ3v) is 4.12. The maximum Gasteiger partial charge on any atom is 0.127 e. The van der Waals surface area contributed by atoms with E-state index in [1.54, 1.807) is 25.6 Å². The van der Waals surface area contributed by atoms with E-state index in [-0.39, 0.29) is 0 Å². The second-order valence-corrected chi connectivity index (χ2v) is 5.28. The highest BCUT2D eigenvalue weighted by molar-refractivity contribution is 7.10. The molecule has 1 unspecified atom stereocenters. The van der Waals surface area contributed by atoms with Gasteiger partial charge in [-0.3, -0.25) is 0 Å². The first-order chi connectivity index (χ1) is 9.24. The van der Waals surface area contributed by atoms with Crippen molar-refractivity contribution in [3.8, 4) is 11.5 Å². The van der Waals surface area contributed by atoms with Crippen molar-refractivity contribution >= 4 is 11.3 Å². The summed E-state index contributed by atoms with van der Waals surface area (Å²) in [6.07, 6.45) is 0. The third-order valence-electron chi connectivity index (χ3n) is 3.06. The summed E-state index contributed by atoms with van der Waals surface area (Å²) < 4.78 is 10.6. The van der Waals surface area contributed by atoms with Gasteiger partial charge in [0.05, 0.1) is 14.2 Å².